The first kappa shape index (κ1) is 21.3. The maximum Gasteiger partial charge on any atom is 0.307 e. The maximum atomic E-state index is 12.8. The number of ether oxygens (including phenoxy) is 3. The van der Waals surface area contributed by atoms with E-state index in [-0.39, 0.29) is 31.4 Å². The van der Waals surface area contributed by atoms with Gasteiger partial charge in [-0.15, -0.1) is 0 Å². The quantitative estimate of drug-likeness (QED) is 0.587. The number of methoxy groups -OCH3 is 1. The van der Waals surface area contributed by atoms with Crippen molar-refractivity contribution in [2.45, 2.75) is 26.8 Å². The Kier molecular flexibility index (Phi) is 8.34. The summed E-state index contributed by atoms with van der Waals surface area (Å²) < 4.78 is 15.9. The molecule has 0 bridgehead atoms. The molecule has 28 heavy (non-hydrogen) atoms. The Morgan fingerprint density at radius 1 is 1.00 bits per heavy atom. The van der Waals surface area contributed by atoms with Crippen LogP contribution < -0.4 is 9.47 Å². The lowest BCUT2D eigenvalue weighted by atomic mass is 10.1. The van der Waals surface area contributed by atoms with Gasteiger partial charge in [0.1, 0.15) is 0 Å². The lowest BCUT2D eigenvalue weighted by molar-refractivity contribution is -0.144. The number of benzene rings is 2. The molecule has 2 rings (SSSR count). The van der Waals surface area contributed by atoms with Gasteiger partial charge >= 0.3 is 5.97 Å². The van der Waals surface area contributed by atoms with Gasteiger partial charge in [0, 0.05) is 13.1 Å². The highest BCUT2D eigenvalue weighted by Crippen LogP contribution is 2.25. The Balaban J connectivity index is 2.04. The van der Waals surface area contributed by atoms with Crippen molar-refractivity contribution in [3.63, 3.8) is 0 Å². The topological polar surface area (TPSA) is 65.1 Å². The second-order valence-electron chi connectivity index (χ2n) is 6.30. The molecule has 0 saturated heterocycles. The molecule has 0 heterocycles. The Bertz CT molecular complexity index is 773. The molecule has 6 nitrogen and oxygen atoms in total. The van der Waals surface area contributed by atoms with Gasteiger partial charge in [0.05, 0.1) is 20.1 Å². The average Bonchev–Trinajstić information content (AvgIpc) is 2.71. The molecular weight excluding hydrogens is 358 g/mol. The van der Waals surface area contributed by atoms with E-state index in [0.29, 0.717) is 24.7 Å². The lowest BCUT2D eigenvalue weighted by Gasteiger charge is -2.23. The zero-order valence-corrected chi connectivity index (χ0v) is 16.6. The van der Waals surface area contributed by atoms with Gasteiger partial charge in [0.15, 0.2) is 18.1 Å². The van der Waals surface area contributed by atoms with Crippen molar-refractivity contribution in [3.05, 3.63) is 59.7 Å². The van der Waals surface area contributed by atoms with E-state index in [1.165, 1.54) is 0 Å². The van der Waals surface area contributed by atoms with Crippen molar-refractivity contribution in [3.8, 4) is 11.5 Å². The van der Waals surface area contributed by atoms with E-state index in [0.717, 1.165) is 11.1 Å². The van der Waals surface area contributed by atoms with Crippen LogP contribution in [0.3, 0.4) is 0 Å². The van der Waals surface area contributed by atoms with E-state index >= 15 is 0 Å². The summed E-state index contributed by atoms with van der Waals surface area (Å²) in [6, 6.07) is 15.1. The maximum absolute atomic E-state index is 12.8. The van der Waals surface area contributed by atoms with E-state index in [1.807, 2.05) is 43.3 Å². The molecule has 0 aliphatic heterocycles. The fourth-order valence-corrected chi connectivity index (χ4v) is 2.63. The Hall–Kier alpha value is -3.02. The number of para-hydroxylation sites is 2. The third-order valence-electron chi connectivity index (χ3n) is 4.16. The predicted octanol–water partition coefficient (Wildman–Crippen LogP) is 3.36. The summed E-state index contributed by atoms with van der Waals surface area (Å²) in [6.45, 7) is 4.61. The molecule has 150 valence electrons. The molecule has 2 aromatic rings. The third-order valence-corrected chi connectivity index (χ3v) is 4.16. The standard InChI is InChI=1S/C22H27NO5/c1-4-27-22(25)13-14-23(15-18-11-9-17(2)10-12-18)21(24)16-28-20-8-6-5-7-19(20)26-3/h5-12H,4,13-16H2,1-3H3. The molecule has 0 spiro atoms. The molecule has 1 amide bonds. The monoisotopic (exact) mass is 385 g/mol. The first-order chi connectivity index (χ1) is 13.5. The number of hydrogen-bond donors (Lipinski definition) is 0. The zero-order valence-electron chi connectivity index (χ0n) is 16.6. The molecule has 0 radical (unpaired) electrons. The van der Waals surface area contributed by atoms with Crippen LogP contribution in [0.15, 0.2) is 48.5 Å². The summed E-state index contributed by atoms with van der Waals surface area (Å²) in [5, 5.41) is 0. The van der Waals surface area contributed by atoms with Gasteiger partial charge in [0.2, 0.25) is 0 Å². The Labute approximate surface area is 166 Å². The van der Waals surface area contributed by atoms with Crippen molar-refractivity contribution in [1.82, 2.24) is 4.90 Å². The van der Waals surface area contributed by atoms with E-state index in [9.17, 15) is 9.59 Å². The van der Waals surface area contributed by atoms with Gasteiger partial charge in [-0.2, -0.15) is 0 Å². The molecule has 0 unspecified atom stereocenters. The van der Waals surface area contributed by atoms with Crippen LogP contribution in [0.25, 0.3) is 0 Å². The van der Waals surface area contributed by atoms with Crippen LogP contribution >= 0.6 is 0 Å². The van der Waals surface area contributed by atoms with Gasteiger partial charge in [-0.1, -0.05) is 42.0 Å². The van der Waals surface area contributed by atoms with Gasteiger partial charge in [-0.05, 0) is 31.5 Å². The van der Waals surface area contributed by atoms with Crippen LogP contribution in [0, 0.1) is 6.92 Å². The first-order valence-electron chi connectivity index (χ1n) is 9.28. The van der Waals surface area contributed by atoms with E-state index in [4.69, 9.17) is 14.2 Å². The highest BCUT2D eigenvalue weighted by Gasteiger charge is 2.17. The average molecular weight is 385 g/mol. The molecule has 0 N–H and O–H groups in total. The van der Waals surface area contributed by atoms with Crippen molar-refractivity contribution < 1.29 is 23.8 Å². The molecule has 0 atom stereocenters. The second kappa shape index (κ2) is 11.0. The number of nitrogens with zero attached hydrogens (tertiary/aromatic N) is 1. The largest absolute Gasteiger partial charge is 0.493 e. The molecule has 6 heteroatoms. The summed E-state index contributed by atoms with van der Waals surface area (Å²) >= 11 is 0. The number of esters is 1. The van der Waals surface area contributed by atoms with Crippen LogP contribution in [0.4, 0.5) is 0 Å². The summed E-state index contributed by atoms with van der Waals surface area (Å²) in [5.41, 5.74) is 2.13. The molecule has 0 fully saturated rings. The van der Waals surface area contributed by atoms with Gasteiger partial charge in [0.25, 0.3) is 5.91 Å². The highest BCUT2D eigenvalue weighted by molar-refractivity contribution is 5.78. The second-order valence-corrected chi connectivity index (χ2v) is 6.30. The molecule has 0 aromatic heterocycles. The summed E-state index contributed by atoms with van der Waals surface area (Å²) in [6.07, 6.45) is 0.139. The number of hydrogen-bond acceptors (Lipinski definition) is 5. The third kappa shape index (κ3) is 6.61. The predicted molar refractivity (Wildman–Crippen MR) is 106 cm³/mol. The summed E-state index contributed by atoms with van der Waals surface area (Å²) in [5.74, 6) is 0.525. The number of amides is 1. The molecule has 0 saturated carbocycles. The zero-order chi connectivity index (χ0) is 20.4. The van der Waals surface area contributed by atoms with Crippen LogP contribution in [0.1, 0.15) is 24.5 Å². The minimum absolute atomic E-state index is 0.139. The minimum Gasteiger partial charge on any atom is -0.493 e. The number of rotatable bonds is 10. The number of aryl methyl sites for hydroxylation is 1. The molecule has 2 aromatic carbocycles. The lowest BCUT2D eigenvalue weighted by Crippen LogP contribution is -2.36. The van der Waals surface area contributed by atoms with Gasteiger partial charge in [-0.3, -0.25) is 9.59 Å². The fourth-order valence-electron chi connectivity index (χ4n) is 2.63. The Morgan fingerprint density at radius 2 is 1.68 bits per heavy atom. The fraction of sp³-hybridized carbons (Fsp3) is 0.364. The molecule has 0 aliphatic rings. The van der Waals surface area contributed by atoms with Crippen molar-refractivity contribution in [1.29, 1.82) is 0 Å². The van der Waals surface area contributed by atoms with E-state index in [1.54, 1.807) is 31.1 Å². The van der Waals surface area contributed by atoms with E-state index < -0.39 is 0 Å². The smallest absolute Gasteiger partial charge is 0.307 e. The van der Waals surface area contributed by atoms with Gasteiger partial charge < -0.3 is 19.1 Å². The van der Waals surface area contributed by atoms with Crippen LogP contribution in [-0.4, -0.2) is 43.6 Å². The first-order valence-corrected chi connectivity index (χ1v) is 9.28. The Morgan fingerprint density at radius 3 is 2.32 bits per heavy atom. The van der Waals surface area contributed by atoms with Crippen LogP contribution in [0.2, 0.25) is 0 Å². The van der Waals surface area contributed by atoms with Crippen LogP contribution in [0.5, 0.6) is 11.5 Å². The molecular formula is C22H27NO5. The molecule has 0 aliphatic carbocycles. The summed E-state index contributed by atoms with van der Waals surface area (Å²) in [4.78, 5) is 26.1. The van der Waals surface area contributed by atoms with Crippen LogP contribution in [-0.2, 0) is 20.9 Å². The van der Waals surface area contributed by atoms with Crippen molar-refractivity contribution >= 4 is 11.9 Å². The highest BCUT2D eigenvalue weighted by atomic mass is 16.5. The summed E-state index contributed by atoms with van der Waals surface area (Å²) in [7, 11) is 1.55. The van der Waals surface area contributed by atoms with Gasteiger partial charge in [-0.25, -0.2) is 0 Å². The van der Waals surface area contributed by atoms with E-state index in [2.05, 4.69) is 0 Å². The number of carbonyl (C=O) groups excluding carboxylic acids is 2. The normalized spacial score (nSPS) is 10.2. The van der Waals surface area contributed by atoms with Crippen molar-refractivity contribution in [2.24, 2.45) is 0 Å². The minimum atomic E-state index is -0.324. The van der Waals surface area contributed by atoms with Crippen molar-refractivity contribution in [2.75, 3.05) is 26.9 Å². The number of carbonyl (C=O) groups is 2. The SMILES string of the molecule is CCOC(=O)CCN(Cc1ccc(C)cc1)C(=O)COc1ccccc1OC.